The molecule has 104 valence electrons. The fraction of sp³-hybridized carbons (Fsp3) is 0.111. The molecule has 0 amide bonds. The van der Waals surface area contributed by atoms with Crippen molar-refractivity contribution < 1.29 is 14.3 Å². The Morgan fingerprint density at radius 3 is 2.38 bits per heavy atom. The number of rotatable bonds is 2. The van der Waals surface area contributed by atoms with Crippen LogP contribution in [0.2, 0.25) is 0 Å². The molecule has 21 heavy (non-hydrogen) atoms. The molecule has 0 atom stereocenters. The summed E-state index contributed by atoms with van der Waals surface area (Å²) in [6, 6.07) is 15.7. The second-order valence-corrected chi connectivity index (χ2v) is 5.10. The molecule has 0 aromatic heterocycles. The van der Waals surface area contributed by atoms with E-state index in [9.17, 15) is 9.59 Å². The first kappa shape index (κ1) is 13.3. The van der Waals surface area contributed by atoms with Crippen molar-refractivity contribution >= 4 is 33.3 Å². The Labute approximate surface area is 122 Å². The summed E-state index contributed by atoms with van der Waals surface area (Å²) in [5.41, 5.74) is 1.07. The highest BCUT2D eigenvalue weighted by Gasteiger charge is 2.16. The van der Waals surface area contributed by atoms with Crippen molar-refractivity contribution in [1.29, 1.82) is 0 Å². The summed E-state index contributed by atoms with van der Waals surface area (Å²) >= 11 is 0. The van der Waals surface area contributed by atoms with Crippen LogP contribution in [0.25, 0.3) is 21.5 Å². The first-order chi connectivity index (χ1) is 10.1. The number of fused-ring (bicyclic) bond motifs is 2. The van der Waals surface area contributed by atoms with Crippen LogP contribution in [0.3, 0.4) is 0 Å². The number of ether oxygens (including phenoxy) is 1. The topological polar surface area (TPSA) is 43.4 Å². The van der Waals surface area contributed by atoms with Gasteiger partial charge in [-0.3, -0.25) is 4.79 Å². The zero-order valence-corrected chi connectivity index (χ0v) is 11.8. The minimum absolute atomic E-state index is 0.451. The average molecular weight is 278 g/mol. The van der Waals surface area contributed by atoms with Crippen LogP contribution < -0.4 is 4.74 Å². The first-order valence-electron chi connectivity index (χ1n) is 6.71. The van der Waals surface area contributed by atoms with Crippen molar-refractivity contribution in [3.05, 3.63) is 54.1 Å². The molecule has 0 aliphatic heterocycles. The van der Waals surface area contributed by atoms with Crippen LogP contribution >= 0.6 is 0 Å². The third-order valence-corrected chi connectivity index (χ3v) is 3.45. The Kier molecular flexibility index (Phi) is 3.18. The van der Waals surface area contributed by atoms with Gasteiger partial charge in [-0.1, -0.05) is 42.0 Å². The van der Waals surface area contributed by atoms with Crippen molar-refractivity contribution in [1.82, 2.24) is 0 Å². The Hall–Kier alpha value is -2.68. The monoisotopic (exact) mass is 278 g/mol. The number of Topliss-reactive ketones (excluding diaryl/α,β-unsaturated/α-hetero) is 1. The molecule has 0 spiro atoms. The summed E-state index contributed by atoms with van der Waals surface area (Å²) in [5.74, 6) is -0.995. The molecule has 3 heteroatoms. The molecule has 3 rings (SSSR count). The number of aryl methyl sites for hydroxylation is 1. The van der Waals surface area contributed by atoms with Gasteiger partial charge in [-0.25, -0.2) is 4.79 Å². The van der Waals surface area contributed by atoms with E-state index in [2.05, 4.69) is 6.07 Å². The lowest BCUT2D eigenvalue weighted by Gasteiger charge is -2.11. The highest BCUT2D eigenvalue weighted by Crippen LogP contribution is 2.35. The van der Waals surface area contributed by atoms with E-state index in [0.717, 1.165) is 27.1 Å². The quantitative estimate of drug-likeness (QED) is 0.310. The molecule has 0 unspecified atom stereocenters. The maximum Gasteiger partial charge on any atom is 0.379 e. The van der Waals surface area contributed by atoms with E-state index in [4.69, 9.17) is 4.74 Å². The Bertz CT molecular complexity index is 878. The van der Waals surface area contributed by atoms with E-state index in [1.54, 1.807) is 0 Å². The van der Waals surface area contributed by atoms with Gasteiger partial charge < -0.3 is 4.74 Å². The van der Waals surface area contributed by atoms with Crippen molar-refractivity contribution in [2.75, 3.05) is 0 Å². The number of carbonyl (C=O) groups excluding carboxylic acids is 2. The summed E-state index contributed by atoms with van der Waals surface area (Å²) < 4.78 is 5.37. The van der Waals surface area contributed by atoms with Crippen molar-refractivity contribution in [2.45, 2.75) is 13.8 Å². The minimum atomic E-state index is -0.839. The Balaban J connectivity index is 2.35. The number of esters is 1. The maximum atomic E-state index is 11.7. The molecule has 0 bridgehead atoms. The van der Waals surface area contributed by atoms with Gasteiger partial charge in [-0.15, -0.1) is 0 Å². The third-order valence-electron chi connectivity index (χ3n) is 3.45. The van der Waals surface area contributed by atoms with E-state index in [1.807, 2.05) is 49.4 Å². The van der Waals surface area contributed by atoms with Crippen LogP contribution in [0, 0.1) is 6.92 Å². The van der Waals surface area contributed by atoms with Crippen LogP contribution in [0.5, 0.6) is 5.75 Å². The molecule has 3 nitrogen and oxygen atoms in total. The standard InChI is InChI=1S/C18H14O3/c1-11-7-8-14-10-13-5-3-4-6-15(13)17(16(14)9-11)21-18(20)12(2)19/h3-10H,1-2H3. The van der Waals surface area contributed by atoms with E-state index >= 15 is 0 Å². The van der Waals surface area contributed by atoms with Crippen molar-refractivity contribution in [3.8, 4) is 5.75 Å². The molecule has 0 N–H and O–H groups in total. The smallest absolute Gasteiger partial charge is 0.379 e. The molecular formula is C18H14O3. The fourth-order valence-electron chi connectivity index (χ4n) is 2.41. The summed E-state index contributed by atoms with van der Waals surface area (Å²) in [6.45, 7) is 3.19. The van der Waals surface area contributed by atoms with Gasteiger partial charge in [0.15, 0.2) is 0 Å². The van der Waals surface area contributed by atoms with Gasteiger partial charge in [0, 0.05) is 17.7 Å². The van der Waals surface area contributed by atoms with Gasteiger partial charge in [0.2, 0.25) is 5.78 Å². The van der Waals surface area contributed by atoms with Gasteiger partial charge in [0.25, 0.3) is 0 Å². The number of hydrogen-bond donors (Lipinski definition) is 0. The van der Waals surface area contributed by atoms with Crippen LogP contribution in [-0.2, 0) is 9.59 Å². The normalized spacial score (nSPS) is 10.8. The SMILES string of the molecule is CC(=O)C(=O)Oc1c2ccccc2cc2ccc(C)cc12. The second-order valence-electron chi connectivity index (χ2n) is 5.10. The Morgan fingerprint density at radius 2 is 1.62 bits per heavy atom. The lowest BCUT2D eigenvalue weighted by Crippen LogP contribution is -2.17. The first-order valence-corrected chi connectivity index (χ1v) is 6.71. The van der Waals surface area contributed by atoms with E-state index in [0.29, 0.717) is 5.75 Å². The molecule has 3 aromatic carbocycles. The van der Waals surface area contributed by atoms with Crippen LogP contribution in [0.1, 0.15) is 12.5 Å². The van der Waals surface area contributed by atoms with Gasteiger partial charge in [0.05, 0.1) is 0 Å². The predicted octanol–water partition coefficient (Wildman–Crippen LogP) is 3.80. The lowest BCUT2D eigenvalue weighted by molar-refractivity contribution is -0.145. The van der Waals surface area contributed by atoms with Crippen LogP contribution in [-0.4, -0.2) is 11.8 Å². The second kappa shape index (κ2) is 5.02. The zero-order chi connectivity index (χ0) is 15.0. The predicted molar refractivity (Wildman–Crippen MR) is 82.5 cm³/mol. The van der Waals surface area contributed by atoms with Gasteiger partial charge in [-0.05, 0) is 29.8 Å². The maximum absolute atomic E-state index is 11.7. The lowest BCUT2D eigenvalue weighted by atomic mass is 10.0. The van der Waals surface area contributed by atoms with E-state index < -0.39 is 11.8 Å². The minimum Gasteiger partial charge on any atom is -0.419 e. The van der Waals surface area contributed by atoms with Crippen LogP contribution in [0.15, 0.2) is 48.5 Å². The Morgan fingerprint density at radius 1 is 0.905 bits per heavy atom. The molecule has 0 aliphatic carbocycles. The molecule has 0 radical (unpaired) electrons. The summed E-state index contributed by atoms with van der Waals surface area (Å²) in [7, 11) is 0. The molecule has 0 saturated carbocycles. The molecule has 0 aliphatic rings. The molecule has 0 fully saturated rings. The van der Waals surface area contributed by atoms with Gasteiger partial charge >= 0.3 is 5.97 Å². The van der Waals surface area contributed by atoms with Crippen molar-refractivity contribution in [2.24, 2.45) is 0 Å². The fourth-order valence-corrected chi connectivity index (χ4v) is 2.41. The molecular weight excluding hydrogens is 264 g/mol. The molecule has 0 heterocycles. The van der Waals surface area contributed by atoms with E-state index in [1.165, 1.54) is 6.92 Å². The molecule has 0 saturated heterocycles. The highest BCUT2D eigenvalue weighted by molar-refractivity contribution is 6.33. The van der Waals surface area contributed by atoms with Gasteiger partial charge in [-0.2, -0.15) is 0 Å². The number of carbonyl (C=O) groups is 2. The number of ketones is 1. The zero-order valence-electron chi connectivity index (χ0n) is 11.8. The number of benzene rings is 3. The summed E-state index contributed by atoms with van der Waals surface area (Å²) in [6.07, 6.45) is 0. The summed E-state index contributed by atoms with van der Waals surface area (Å²) in [5, 5.41) is 3.61. The van der Waals surface area contributed by atoms with E-state index in [-0.39, 0.29) is 0 Å². The largest absolute Gasteiger partial charge is 0.419 e. The highest BCUT2D eigenvalue weighted by atomic mass is 16.5. The third kappa shape index (κ3) is 2.38. The number of hydrogen-bond acceptors (Lipinski definition) is 3. The van der Waals surface area contributed by atoms with Crippen LogP contribution in [0.4, 0.5) is 0 Å². The summed E-state index contributed by atoms with van der Waals surface area (Å²) in [4.78, 5) is 22.9. The van der Waals surface area contributed by atoms with Gasteiger partial charge in [0.1, 0.15) is 5.75 Å². The van der Waals surface area contributed by atoms with Crippen molar-refractivity contribution in [3.63, 3.8) is 0 Å². The average Bonchev–Trinajstić information content (AvgIpc) is 2.47. The molecule has 3 aromatic rings.